The van der Waals surface area contributed by atoms with E-state index >= 15 is 0 Å². The SMILES string of the molecule is CCCCC(CC)CC(N)c1ccc(Cl)c(C)c1. The highest BCUT2D eigenvalue weighted by atomic mass is 35.5. The molecular formula is C16H26ClN. The van der Waals surface area contributed by atoms with Gasteiger partial charge in [0.05, 0.1) is 0 Å². The summed E-state index contributed by atoms with van der Waals surface area (Å²) in [7, 11) is 0. The Morgan fingerprint density at radius 2 is 2.00 bits per heavy atom. The second-order valence-electron chi connectivity index (χ2n) is 5.27. The molecule has 0 spiro atoms. The maximum atomic E-state index is 6.32. The van der Waals surface area contributed by atoms with Crippen LogP contribution in [0.4, 0.5) is 0 Å². The first-order valence-corrected chi connectivity index (χ1v) is 7.47. The van der Waals surface area contributed by atoms with Gasteiger partial charge in [-0.25, -0.2) is 0 Å². The summed E-state index contributed by atoms with van der Waals surface area (Å²) in [4.78, 5) is 0. The fourth-order valence-corrected chi connectivity index (χ4v) is 2.49. The lowest BCUT2D eigenvalue weighted by Crippen LogP contribution is -2.15. The molecule has 2 N–H and O–H groups in total. The topological polar surface area (TPSA) is 26.0 Å². The summed E-state index contributed by atoms with van der Waals surface area (Å²) in [6.07, 6.45) is 6.18. The maximum Gasteiger partial charge on any atom is 0.0435 e. The van der Waals surface area contributed by atoms with Crippen molar-refractivity contribution in [3.8, 4) is 0 Å². The molecule has 0 heterocycles. The molecular weight excluding hydrogens is 242 g/mol. The lowest BCUT2D eigenvalue weighted by atomic mass is 9.89. The Bertz CT molecular complexity index is 362. The third-order valence-corrected chi connectivity index (χ3v) is 4.16. The maximum absolute atomic E-state index is 6.32. The van der Waals surface area contributed by atoms with Crippen LogP contribution in [0.5, 0.6) is 0 Å². The van der Waals surface area contributed by atoms with Crippen molar-refractivity contribution in [3.05, 3.63) is 34.3 Å². The lowest BCUT2D eigenvalue weighted by Gasteiger charge is -2.20. The average Bonchev–Trinajstić information content (AvgIpc) is 2.37. The number of hydrogen-bond donors (Lipinski definition) is 1. The summed E-state index contributed by atoms with van der Waals surface area (Å²) in [6, 6.07) is 6.29. The Hall–Kier alpha value is -0.530. The lowest BCUT2D eigenvalue weighted by molar-refractivity contribution is 0.388. The predicted molar refractivity (Wildman–Crippen MR) is 81.0 cm³/mol. The van der Waals surface area contributed by atoms with Crippen molar-refractivity contribution >= 4 is 11.6 Å². The summed E-state index contributed by atoms with van der Waals surface area (Å²) >= 11 is 6.05. The number of halogens is 1. The van der Waals surface area contributed by atoms with Crippen LogP contribution in [0.15, 0.2) is 18.2 Å². The molecule has 0 amide bonds. The highest BCUT2D eigenvalue weighted by Crippen LogP contribution is 2.27. The summed E-state index contributed by atoms with van der Waals surface area (Å²) in [5.74, 6) is 0.746. The molecule has 0 saturated carbocycles. The van der Waals surface area contributed by atoms with Gasteiger partial charge in [-0.15, -0.1) is 0 Å². The van der Waals surface area contributed by atoms with Crippen LogP contribution in [0.25, 0.3) is 0 Å². The van der Waals surface area contributed by atoms with Crippen molar-refractivity contribution in [2.75, 3.05) is 0 Å². The summed E-state index contributed by atoms with van der Waals surface area (Å²) in [6.45, 7) is 6.54. The van der Waals surface area contributed by atoms with Crippen LogP contribution < -0.4 is 5.73 Å². The molecule has 0 saturated heterocycles. The number of unbranched alkanes of at least 4 members (excludes halogenated alkanes) is 1. The molecule has 0 fully saturated rings. The predicted octanol–water partition coefficient (Wildman–Crippen LogP) is 5.25. The standard InChI is InChI=1S/C16H26ClN/c1-4-6-7-13(5-2)11-16(18)14-8-9-15(17)12(3)10-14/h8-10,13,16H,4-7,11,18H2,1-3H3. The quantitative estimate of drug-likeness (QED) is 0.717. The van der Waals surface area contributed by atoms with E-state index in [-0.39, 0.29) is 6.04 Å². The van der Waals surface area contributed by atoms with Gasteiger partial charge in [0.25, 0.3) is 0 Å². The van der Waals surface area contributed by atoms with E-state index < -0.39 is 0 Å². The highest BCUT2D eigenvalue weighted by molar-refractivity contribution is 6.31. The van der Waals surface area contributed by atoms with Crippen LogP contribution >= 0.6 is 11.6 Å². The average molecular weight is 268 g/mol. The van der Waals surface area contributed by atoms with Gasteiger partial charge in [-0.05, 0) is 36.5 Å². The number of nitrogens with two attached hydrogens (primary N) is 1. The van der Waals surface area contributed by atoms with Gasteiger partial charge < -0.3 is 5.73 Å². The van der Waals surface area contributed by atoms with Crippen molar-refractivity contribution in [2.24, 2.45) is 11.7 Å². The first kappa shape index (κ1) is 15.5. The Balaban J connectivity index is 2.62. The zero-order valence-corrected chi connectivity index (χ0v) is 12.6. The van der Waals surface area contributed by atoms with E-state index in [4.69, 9.17) is 17.3 Å². The zero-order chi connectivity index (χ0) is 13.5. The monoisotopic (exact) mass is 267 g/mol. The Labute approximate surface area is 117 Å². The molecule has 1 nitrogen and oxygen atoms in total. The van der Waals surface area contributed by atoms with Gasteiger partial charge in [-0.1, -0.05) is 63.3 Å². The second-order valence-corrected chi connectivity index (χ2v) is 5.67. The van der Waals surface area contributed by atoms with Gasteiger partial charge in [-0.3, -0.25) is 0 Å². The molecule has 0 aromatic heterocycles. The molecule has 1 aromatic carbocycles. The van der Waals surface area contributed by atoms with Gasteiger partial charge in [0, 0.05) is 11.1 Å². The van der Waals surface area contributed by atoms with Crippen LogP contribution in [-0.4, -0.2) is 0 Å². The summed E-state index contributed by atoms with van der Waals surface area (Å²) in [5.41, 5.74) is 8.65. The molecule has 2 heteroatoms. The van der Waals surface area contributed by atoms with E-state index in [1.54, 1.807) is 0 Å². The molecule has 1 aromatic rings. The van der Waals surface area contributed by atoms with E-state index in [9.17, 15) is 0 Å². The normalized spacial score (nSPS) is 14.5. The van der Waals surface area contributed by atoms with Gasteiger partial charge in [0.15, 0.2) is 0 Å². The molecule has 0 aliphatic carbocycles. The van der Waals surface area contributed by atoms with Crippen LogP contribution in [0, 0.1) is 12.8 Å². The third-order valence-electron chi connectivity index (χ3n) is 3.74. The molecule has 0 aliphatic rings. The van der Waals surface area contributed by atoms with E-state index in [1.165, 1.54) is 31.2 Å². The molecule has 102 valence electrons. The van der Waals surface area contributed by atoms with Gasteiger partial charge in [0.2, 0.25) is 0 Å². The van der Waals surface area contributed by atoms with Crippen LogP contribution in [0.3, 0.4) is 0 Å². The Morgan fingerprint density at radius 1 is 1.28 bits per heavy atom. The number of hydrogen-bond acceptors (Lipinski definition) is 1. The van der Waals surface area contributed by atoms with Crippen LogP contribution in [-0.2, 0) is 0 Å². The van der Waals surface area contributed by atoms with Crippen molar-refractivity contribution in [1.29, 1.82) is 0 Å². The second kappa shape index (κ2) is 7.81. The van der Waals surface area contributed by atoms with Gasteiger partial charge in [-0.2, -0.15) is 0 Å². The molecule has 0 aliphatic heterocycles. The minimum absolute atomic E-state index is 0.141. The number of rotatable bonds is 7. The van der Waals surface area contributed by atoms with Crippen LogP contribution in [0.1, 0.15) is 63.1 Å². The first-order valence-electron chi connectivity index (χ1n) is 7.10. The van der Waals surface area contributed by atoms with Crippen molar-refractivity contribution in [3.63, 3.8) is 0 Å². The minimum Gasteiger partial charge on any atom is -0.324 e. The summed E-state index contributed by atoms with van der Waals surface area (Å²) < 4.78 is 0. The van der Waals surface area contributed by atoms with E-state index in [0.717, 1.165) is 22.9 Å². The third kappa shape index (κ3) is 4.62. The van der Waals surface area contributed by atoms with Crippen molar-refractivity contribution in [2.45, 2.75) is 58.9 Å². The largest absolute Gasteiger partial charge is 0.324 e. The molecule has 2 unspecified atom stereocenters. The molecule has 0 radical (unpaired) electrons. The summed E-state index contributed by atoms with van der Waals surface area (Å²) in [5, 5.41) is 0.823. The van der Waals surface area contributed by atoms with Gasteiger partial charge >= 0.3 is 0 Å². The molecule has 18 heavy (non-hydrogen) atoms. The van der Waals surface area contributed by atoms with Gasteiger partial charge in [0.1, 0.15) is 0 Å². The highest BCUT2D eigenvalue weighted by Gasteiger charge is 2.13. The smallest absolute Gasteiger partial charge is 0.0435 e. The van der Waals surface area contributed by atoms with E-state index in [0.29, 0.717) is 0 Å². The molecule has 1 rings (SSSR count). The molecule has 0 bridgehead atoms. The fourth-order valence-electron chi connectivity index (χ4n) is 2.38. The van der Waals surface area contributed by atoms with Crippen molar-refractivity contribution in [1.82, 2.24) is 0 Å². The molecule has 2 atom stereocenters. The van der Waals surface area contributed by atoms with E-state index in [1.807, 2.05) is 13.0 Å². The zero-order valence-electron chi connectivity index (χ0n) is 11.9. The van der Waals surface area contributed by atoms with E-state index in [2.05, 4.69) is 26.0 Å². The Kier molecular flexibility index (Phi) is 6.73. The number of benzene rings is 1. The van der Waals surface area contributed by atoms with Crippen molar-refractivity contribution < 1.29 is 0 Å². The fraction of sp³-hybridized carbons (Fsp3) is 0.625. The van der Waals surface area contributed by atoms with Crippen LogP contribution in [0.2, 0.25) is 5.02 Å². The first-order chi connectivity index (χ1) is 8.58. The number of aryl methyl sites for hydroxylation is 1. The Morgan fingerprint density at radius 3 is 2.56 bits per heavy atom. The minimum atomic E-state index is 0.141.